The molecule has 1 N–H and O–H groups in total. The summed E-state index contributed by atoms with van der Waals surface area (Å²) in [6.07, 6.45) is -3.29. The molecule has 0 aliphatic carbocycles. The molecule has 0 radical (unpaired) electrons. The van der Waals surface area contributed by atoms with E-state index >= 15 is 0 Å². The second-order valence-electron chi connectivity index (χ2n) is 18.1. The normalized spacial score (nSPS) is 14.1. The predicted octanol–water partition coefficient (Wildman–Crippen LogP) is 9.64. The number of benzene rings is 3. The van der Waals surface area contributed by atoms with Gasteiger partial charge in [-0.25, -0.2) is 0 Å². The number of Topliss-reactive ketones (excluding diaryl/α,β-unsaturated/α-hetero) is 1. The van der Waals surface area contributed by atoms with Gasteiger partial charge >= 0.3 is 6.18 Å². The van der Waals surface area contributed by atoms with Crippen LogP contribution in [0.25, 0.3) is 22.5 Å². The highest BCUT2D eigenvalue weighted by Crippen LogP contribution is 2.36. The van der Waals surface area contributed by atoms with E-state index in [0.29, 0.717) is 106 Å². The van der Waals surface area contributed by atoms with Gasteiger partial charge in [0.2, 0.25) is 0 Å². The van der Waals surface area contributed by atoms with Crippen LogP contribution in [0.4, 0.5) is 39.0 Å². The molecule has 3 aromatic carbocycles. The molecular weight excluding hydrogens is 966 g/mol. The Morgan fingerprint density at radius 1 is 0.689 bits per heavy atom. The predicted molar refractivity (Wildman–Crippen MR) is 271 cm³/mol. The maximum absolute atomic E-state index is 13.7. The van der Waals surface area contributed by atoms with Crippen molar-refractivity contribution in [1.29, 1.82) is 0 Å². The smallest absolute Gasteiger partial charge is 0.416 e. The van der Waals surface area contributed by atoms with Crippen LogP contribution in [0.15, 0.2) is 85.1 Å². The molecule has 2 saturated heterocycles. The average molecular weight is 1030 g/mol. The van der Waals surface area contributed by atoms with Crippen LogP contribution in [-0.2, 0) is 34.5 Å². The van der Waals surface area contributed by atoms with E-state index in [1.807, 2.05) is 52.0 Å². The molecule has 0 bridgehead atoms. The molecule has 0 spiro atoms. The number of pyridine rings is 1. The van der Waals surface area contributed by atoms with Gasteiger partial charge in [0.15, 0.2) is 5.78 Å². The van der Waals surface area contributed by atoms with E-state index in [-0.39, 0.29) is 35.6 Å². The molecule has 5 heterocycles. The number of amides is 1. The Morgan fingerprint density at radius 3 is 1.76 bits per heavy atom. The summed E-state index contributed by atoms with van der Waals surface area (Å²) in [5.74, 6) is -3.00. The van der Waals surface area contributed by atoms with Gasteiger partial charge in [0, 0.05) is 80.2 Å². The van der Waals surface area contributed by atoms with Crippen LogP contribution in [0.1, 0.15) is 75.0 Å². The summed E-state index contributed by atoms with van der Waals surface area (Å²) in [4.78, 5) is 35.7. The number of aryl methyl sites for hydroxylation is 2. The zero-order valence-electron chi connectivity index (χ0n) is 42.5. The minimum absolute atomic E-state index is 0.0118. The zero-order valence-corrected chi connectivity index (χ0v) is 42.5. The Balaban J connectivity index is 0.000000217. The Bertz CT molecular complexity index is 2920. The number of alkyl halides is 5. The molecule has 2 aliphatic rings. The summed E-state index contributed by atoms with van der Waals surface area (Å²) >= 11 is 0. The van der Waals surface area contributed by atoms with Crippen LogP contribution in [0.5, 0.6) is 11.8 Å². The molecule has 20 heteroatoms. The number of nitrogens with one attached hydrogen (secondary N) is 1. The highest BCUT2D eigenvalue weighted by Gasteiger charge is 2.34. The number of aromatic nitrogens is 5. The molecule has 0 atom stereocenters. The zero-order chi connectivity index (χ0) is 53.2. The average Bonchev–Trinajstić information content (AvgIpc) is 3.37. The number of ketones is 1. The van der Waals surface area contributed by atoms with Gasteiger partial charge in [-0.15, -0.1) is 20.4 Å². The van der Waals surface area contributed by atoms with Crippen LogP contribution in [0, 0.1) is 13.8 Å². The first kappa shape index (κ1) is 54.6. The van der Waals surface area contributed by atoms with E-state index in [0.717, 1.165) is 46.6 Å². The number of morpholine rings is 2. The number of carbonyl (C=O) groups is 2. The molecular formula is C54H60F5N9O6. The SMILES string of the molecule is CCOc1nnc(-c2cc(C(=O)Cc3ccnc(C(C)(F)F)c3)ccc2C)cc1N1CCOCC1.CCOc1nnc(-c2cc(NC(=O)c3ccc(CN(C)C)c(C(F)(F)F)c3)ccc2C)cc1N1CCOCC1. The van der Waals surface area contributed by atoms with Gasteiger partial charge in [0.05, 0.1) is 56.6 Å². The molecule has 74 heavy (non-hydrogen) atoms. The van der Waals surface area contributed by atoms with E-state index in [2.05, 4.69) is 40.5 Å². The third-order valence-electron chi connectivity index (χ3n) is 12.2. The number of rotatable bonds is 16. The minimum atomic E-state index is -4.58. The van der Waals surface area contributed by atoms with Gasteiger partial charge in [-0.2, -0.15) is 22.0 Å². The molecule has 3 aromatic heterocycles. The number of halogens is 5. The van der Waals surface area contributed by atoms with Crippen LogP contribution in [0.3, 0.4) is 0 Å². The fourth-order valence-electron chi connectivity index (χ4n) is 8.37. The number of nitrogens with zero attached hydrogens (tertiary/aromatic N) is 8. The lowest BCUT2D eigenvalue weighted by atomic mass is 9.97. The second kappa shape index (κ2) is 24.2. The Hall–Kier alpha value is -7.16. The maximum atomic E-state index is 13.7. The van der Waals surface area contributed by atoms with Crippen molar-refractivity contribution in [3.63, 3.8) is 0 Å². The van der Waals surface area contributed by atoms with Crippen LogP contribution < -0.4 is 24.6 Å². The summed E-state index contributed by atoms with van der Waals surface area (Å²) in [5, 5.41) is 20.1. The number of hydrogen-bond donors (Lipinski definition) is 1. The van der Waals surface area contributed by atoms with Gasteiger partial charge < -0.3 is 39.0 Å². The van der Waals surface area contributed by atoms with Crippen LogP contribution >= 0.6 is 0 Å². The number of carbonyl (C=O) groups excluding carboxylic acids is 2. The van der Waals surface area contributed by atoms with Crippen molar-refractivity contribution in [3.05, 3.63) is 130 Å². The molecule has 392 valence electrons. The third kappa shape index (κ3) is 13.9. The first-order valence-corrected chi connectivity index (χ1v) is 24.2. The number of hydrogen-bond acceptors (Lipinski definition) is 14. The van der Waals surface area contributed by atoms with Crippen LogP contribution in [0.2, 0.25) is 0 Å². The number of anilines is 3. The molecule has 2 aliphatic heterocycles. The fourth-order valence-corrected chi connectivity index (χ4v) is 8.37. The minimum Gasteiger partial charge on any atom is -0.475 e. The van der Waals surface area contributed by atoms with Gasteiger partial charge in [0.1, 0.15) is 17.1 Å². The van der Waals surface area contributed by atoms with E-state index in [4.69, 9.17) is 18.9 Å². The number of ether oxygens (including phenoxy) is 4. The highest BCUT2D eigenvalue weighted by molar-refractivity contribution is 6.05. The molecule has 2 fully saturated rings. The molecule has 1 amide bonds. The molecule has 8 rings (SSSR count). The topological polar surface area (TPSA) is 157 Å². The molecule has 0 unspecified atom stereocenters. The second-order valence-corrected chi connectivity index (χ2v) is 18.1. The van der Waals surface area contributed by atoms with Gasteiger partial charge in [-0.05, 0) is 119 Å². The van der Waals surface area contributed by atoms with Crippen molar-refractivity contribution in [2.24, 2.45) is 0 Å². The van der Waals surface area contributed by atoms with Gasteiger partial charge in [-0.1, -0.05) is 24.3 Å². The highest BCUT2D eigenvalue weighted by atomic mass is 19.4. The Morgan fingerprint density at radius 2 is 1.23 bits per heavy atom. The first-order valence-electron chi connectivity index (χ1n) is 24.2. The van der Waals surface area contributed by atoms with E-state index in [1.54, 1.807) is 49.3 Å². The fraction of sp³-hybridized carbons (Fsp3) is 0.389. The molecule has 15 nitrogen and oxygen atoms in total. The summed E-state index contributed by atoms with van der Waals surface area (Å²) in [6.45, 7) is 14.7. The van der Waals surface area contributed by atoms with E-state index in [1.165, 1.54) is 24.4 Å². The Kier molecular flexibility index (Phi) is 17.9. The summed E-state index contributed by atoms with van der Waals surface area (Å²) < 4.78 is 90.8. The van der Waals surface area contributed by atoms with Gasteiger partial charge in [0.25, 0.3) is 23.6 Å². The Labute approximate surface area is 427 Å². The van der Waals surface area contributed by atoms with E-state index < -0.39 is 23.6 Å². The van der Waals surface area contributed by atoms with Crippen molar-refractivity contribution in [1.82, 2.24) is 30.3 Å². The largest absolute Gasteiger partial charge is 0.475 e. The molecule has 6 aromatic rings. The lowest BCUT2D eigenvalue weighted by Crippen LogP contribution is -2.36. The van der Waals surface area contributed by atoms with Crippen molar-refractivity contribution >= 4 is 28.8 Å². The summed E-state index contributed by atoms with van der Waals surface area (Å²) in [7, 11) is 3.38. The monoisotopic (exact) mass is 1030 g/mol. The summed E-state index contributed by atoms with van der Waals surface area (Å²) in [6, 6.07) is 21.0. The van der Waals surface area contributed by atoms with Crippen molar-refractivity contribution in [3.8, 4) is 34.3 Å². The quantitative estimate of drug-likeness (QED) is 0.0722. The van der Waals surface area contributed by atoms with Crippen molar-refractivity contribution in [2.45, 2.75) is 59.7 Å². The third-order valence-corrected chi connectivity index (χ3v) is 12.2. The van der Waals surface area contributed by atoms with Crippen molar-refractivity contribution in [2.75, 3.05) is 95.0 Å². The van der Waals surface area contributed by atoms with E-state index in [9.17, 15) is 31.5 Å². The molecule has 0 saturated carbocycles. The van der Waals surface area contributed by atoms with Gasteiger partial charge in [-0.3, -0.25) is 14.6 Å². The standard InChI is InChI=1S/C28H32F3N5O3.C26H28F2N4O3/c1-5-39-27-25(36-10-12-38-13-11-36)16-24(33-34-27)22-15-21(9-6-18(22)2)32-26(37)19-7-8-20(17-35(3)4)23(14-19)28(29,30)31;1-4-35-25-22(32-9-11-34-12-10-32)16-21(30-31-25)20-15-19(6-5-17(20)2)23(33)13-18-7-8-29-24(14-18)26(3,27)28/h6-9,14-16H,5,10-13,17H2,1-4H3,(H,32,37);5-8,14-16H,4,9-13H2,1-3H3. The lowest BCUT2D eigenvalue weighted by Gasteiger charge is -2.29. The first-order chi connectivity index (χ1) is 35.3. The summed E-state index contributed by atoms with van der Waals surface area (Å²) in [5.41, 5.74) is 6.40. The van der Waals surface area contributed by atoms with Crippen LogP contribution in [-0.4, -0.2) is 122 Å². The lowest BCUT2D eigenvalue weighted by molar-refractivity contribution is -0.138. The maximum Gasteiger partial charge on any atom is 0.416 e. The van der Waals surface area contributed by atoms with Crippen molar-refractivity contribution < 1.29 is 50.5 Å².